The van der Waals surface area contributed by atoms with Gasteiger partial charge < -0.3 is 15.4 Å². The fraction of sp³-hybridized carbons (Fsp3) is 0.211. The molecule has 2 rings (SSSR count). The van der Waals surface area contributed by atoms with Gasteiger partial charge in [0.15, 0.2) is 6.61 Å². The van der Waals surface area contributed by atoms with E-state index in [1.807, 2.05) is 6.07 Å². The third-order valence-corrected chi connectivity index (χ3v) is 4.21. The summed E-state index contributed by atoms with van der Waals surface area (Å²) in [7, 11) is 0. The molecule has 2 aromatic carbocycles. The molecule has 0 aromatic heterocycles. The third-order valence-electron chi connectivity index (χ3n) is 3.61. The highest BCUT2D eigenvalue weighted by Gasteiger charge is 2.14. The van der Waals surface area contributed by atoms with Crippen molar-refractivity contribution in [2.24, 2.45) is 0 Å². The Hall–Kier alpha value is -2.57. The summed E-state index contributed by atoms with van der Waals surface area (Å²) in [5, 5.41) is 6.14. The van der Waals surface area contributed by atoms with E-state index in [4.69, 9.17) is 27.9 Å². The molecule has 2 N–H and O–H groups in total. The zero-order valence-electron chi connectivity index (χ0n) is 14.5. The molecular weight excluding hydrogens is 391 g/mol. The van der Waals surface area contributed by atoms with Crippen LogP contribution < -0.4 is 10.6 Å². The van der Waals surface area contributed by atoms with Gasteiger partial charge in [-0.2, -0.15) is 0 Å². The number of halogens is 2. The van der Waals surface area contributed by atoms with Crippen LogP contribution >= 0.6 is 23.2 Å². The van der Waals surface area contributed by atoms with E-state index in [-0.39, 0.29) is 12.6 Å². The molecule has 1 atom stereocenters. The molecule has 0 spiro atoms. The first-order valence-electron chi connectivity index (χ1n) is 8.10. The fourth-order valence-corrected chi connectivity index (χ4v) is 2.67. The van der Waals surface area contributed by atoms with E-state index in [1.54, 1.807) is 37.3 Å². The van der Waals surface area contributed by atoms with Crippen molar-refractivity contribution in [2.45, 2.75) is 13.0 Å². The lowest BCUT2D eigenvalue weighted by Gasteiger charge is -2.15. The number of esters is 1. The van der Waals surface area contributed by atoms with Gasteiger partial charge in [-0.15, -0.1) is 0 Å². The van der Waals surface area contributed by atoms with E-state index in [0.717, 1.165) is 5.56 Å². The van der Waals surface area contributed by atoms with Gasteiger partial charge >= 0.3 is 5.97 Å². The van der Waals surface area contributed by atoms with Gasteiger partial charge in [-0.1, -0.05) is 41.4 Å². The maximum absolute atomic E-state index is 11.9. The summed E-state index contributed by atoms with van der Waals surface area (Å²) in [6.45, 7) is 0.965. The van der Waals surface area contributed by atoms with Gasteiger partial charge in [0.25, 0.3) is 11.8 Å². The van der Waals surface area contributed by atoms with Crippen LogP contribution in [0.25, 0.3) is 0 Å². The van der Waals surface area contributed by atoms with Crippen LogP contribution in [0.4, 0.5) is 0 Å². The summed E-state index contributed by atoms with van der Waals surface area (Å²) in [6.07, 6.45) is 0. The van der Waals surface area contributed by atoms with Crippen molar-refractivity contribution >= 4 is 41.0 Å². The van der Waals surface area contributed by atoms with E-state index in [1.165, 1.54) is 12.1 Å². The minimum atomic E-state index is -0.724. The van der Waals surface area contributed by atoms with Crippen LogP contribution in [0.2, 0.25) is 10.0 Å². The number of rotatable bonds is 7. The van der Waals surface area contributed by atoms with E-state index < -0.39 is 24.4 Å². The normalized spacial score (nSPS) is 11.4. The second-order valence-corrected chi connectivity index (χ2v) is 6.50. The van der Waals surface area contributed by atoms with Gasteiger partial charge in [0.05, 0.1) is 6.04 Å². The quantitative estimate of drug-likeness (QED) is 0.689. The third kappa shape index (κ3) is 6.58. The Bertz CT molecular complexity index is 825. The zero-order chi connectivity index (χ0) is 19.8. The fourth-order valence-electron chi connectivity index (χ4n) is 2.24. The van der Waals surface area contributed by atoms with Crippen molar-refractivity contribution in [1.29, 1.82) is 0 Å². The molecular formula is C19H18Cl2N2O4. The maximum Gasteiger partial charge on any atom is 0.325 e. The molecule has 27 heavy (non-hydrogen) atoms. The summed E-state index contributed by atoms with van der Waals surface area (Å²) >= 11 is 11.8. The van der Waals surface area contributed by atoms with Crippen molar-refractivity contribution in [3.8, 4) is 0 Å². The van der Waals surface area contributed by atoms with Gasteiger partial charge in [-0.25, -0.2) is 0 Å². The first kappa shape index (κ1) is 20.7. The SMILES string of the molecule is C[C@H](NC(=O)COC(=O)CNC(=O)c1ccc(Cl)cc1)c1ccccc1Cl. The number of benzene rings is 2. The van der Waals surface area contributed by atoms with Gasteiger partial charge in [0.1, 0.15) is 6.54 Å². The van der Waals surface area contributed by atoms with Gasteiger partial charge in [-0.05, 0) is 42.8 Å². The minimum Gasteiger partial charge on any atom is -0.454 e. The van der Waals surface area contributed by atoms with Crippen LogP contribution in [0.15, 0.2) is 48.5 Å². The van der Waals surface area contributed by atoms with Crippen LogP contribution in [0.1, 0.15) is 28.9 Å². The molecule has 2 amide bonds. The average molecular weight is 409 g/mol. The average Bonchev–Trinajstić information content (AvgIpc) is 2.65. The Morgan fingerprint density at radius 2 is 1.70 bits per heavy atom. The second kappa shape index (κ2) is 9.94. The smallest absolute Gasteiger partial charge is 0.325 e. The molecule has 0 saturated carbocycles. The minimum absolute atomic E-state index is 0.338. The molecule has 0 fully saturated rings. The van der Waals surface area contributed by atoms with E-state index in [9.17, 15) is 14.4 Å². The molecule has 0 radical (unpaired) electrons. The van der Waals surface area contributed by atoms with Gasteiger partial charge in [0, 0.05) is 15.6 Å². The number of hydrogen-bond acceptors (Lipinski definition) is 4. The lowest BCUT2D eigenvalue weighted by molar-refractivity contribution is -0.147. The Balaban J connectivity index is 1.73. The molecule has 0 aliphatic heterocycles. The Labute approximate surface area is 166 Å². The molecule has 6 nitrogen and oxygen atoms in total. The van der Waals surface area contributed by atoms with E-state index >= 15 is 0 Å². The molecule has 0 bridgehead atoms. The summed E-state index contributed by atoms with van der Waals surface area (Å²) in [4.78, 5) is 35.5. The lowest BCUT2D eigenvalue weighted by atomic mass is 10.1. The molecule has 142 valence electrons. The van der Waals surface area contributed by atoms with Crippen LogP contribution in [0.5, 0.6) is 0 Å². The van der Waals surface area contributed by atoms with E-state index in [2.05, 4.69) is 10.6 Å². The molecule has 0 aliphatic rings. The lowest BCUT2D eigenvalue weighted by Crippen LogP contribution is -2.34. The number of ether oxygens (including phenoxy) is 1. The summed E-state index contributed by atoms with van der Waals surface area (Å²) in [6, 6.07) is 13.0. The highest BCUT2D eigenvalue weighted by Crippen LogP contribution is 2.21. The summed E-state index contributed by atoms with van der Waals surface area (Å²) in [5.74, 6) is -1.64. The number of nitrogens with one attached hydrogen (secondary N) is 2. The standard InChI is InChI=1S/C19H18Cl2N2O4/c1-12(15-4-2-3-5-16(15)21)23-17(24)11-27-18(25)10-22-19(26)13-6-8-14(20)9-7-13/h2-9,12H,10-11H2,1H3,(H,22,26)(H,23,24)/t12-/m0/s1. The first-order chi connectivity index (χ1) is 12.9. The molecule has 0 saturated heterocycles. The molecule has 0 unspecified atom stereocenters. The maximum atomic E-state index is 11.9. The van der Waals surface area contributed by atoms with Crippen molar-refractivity contribution in [3.63, 3.8) is 0 Å². The van der Waals surface area contributed by atoms with Crippen LogP contribution in [-0.2, 0) is 14.3 Å². The van der Waals surface area contributed by atoms with Crippen molar-refractivity contribution in [3.05, 3.63) is 69.7 Å². The van der Waals surface area contributed by atoms with Crippen LogP contribution in [-0.4, -0.2) is 30.9 Å². The number of carbonyl (C=O) groups excluding carboxylic acids is 3. The van der Waals surface area contributed by atoms with Crippen molar-refractivity contribution in [2.75, 3.05) is 13.2 Å². The predicted molar refractivity (Wildman–Crippen MR) is 103 cm³/mol. The molecule has 0 aliphatic carbocycles. The molecule has 0 heterocycles. The Kier molecular flexibility index (Phi) is 7.64. The summed E-state index contributed by atoms with van der Waals surface area (Å²) < 4.78 is 4.86. The zero-order valence-corrected chi connectivity index (χ0v) is 16.0. The second-order valence-electron chi connectivity index (χ2n) is 5.66. The highest BCUT2D eigenvalue weighted by molar-refractivity contribution is 6.31. The van der Waals surface area contributed by atoms with Crippen molar-refractivity contribution in [1.82, 2.24) is 10.6 Å². The van der Waals surface area contributed by atoms with Crippen LogP contribution in [0.3, 0.4) is 0 Å². The monoisotopic (exact) mass is 408 g/mol. The summed E-state index contributed by atoms with van der Waals surface area (Å²) in [5.41, 5.74) is 1.12. The Morgan fingerprint density at radius 1 is 1.04 bits per heavy atom. The van der Waals surface area contributed by atoms with Crippen molar-refractivity contribution < 1.29 is 19.1 Å². The topological polar surface area (TPSA) is 84.5 Å². The first-order valence-corrected chi connectivity index (χ1v) is 8.85. The number of carbonyl (C=O) groups is 3. The molecule has 2 aromatic rings. The van der Waals surface area contributed by atoms with Gasteiger partial charge in [0.2, 0.25) is 0 Å². The Morgan fingerprint density at radius 3 is 2.37 bits per heavy atom. The van der Waals surface area contributed by atoms with Gasteiger partial charge in [-0.3, -0.25) is 14.4 Å². The predicted octanol–water partition coefficient (Wildman–Crippen LogP) is 3.14. The van der Waals surface area contributed by atoms with Crippen LogP contribution in [0, 0.1) is 0 Å². The molecule has 8 heteroatoms. The van der Waals surface area contributed by atoms with E-state index in [0.29, 0.717) is 15.6 Å². The number of amides is 2. The number of hydrogen-bond donors (Lipinski definition) is 2. The highest BCUT2D eigenvalue weighted by atomic mass is 35.5. The largest absolute Gasteiger partial charge is 0.454 e.